The van der Waals surface area contributed by atoms with E-state index < -0.39 is 17.8 Å². The van der Waals surface area contributed by atoms with Crippen LogP contribution in [0.5, 0.6) is 0 Å². The van der Waals surface area contributed by atoms with E-state index in [1.807, 2.05) is 24.3 Å². The summed E-state index contributed by atoms with van der Waals surface area (Å²) in [4.78, 5) is 27.1. The minimum absolute atomic E-state index is 0.0823. The summed E-state index contributed by atoms with van der Waals surface area (Å²) in [5.41, 5.74) is 9.04. The molecule has 8 heteroatoms. The van der Waals surface area contributed by atoms with Crippen LogP contribution in [0.15, 0.2) is 66.7 Å². The van der Waals surface area contributed by atoms with E-state index in [0.717, 1.165) is 16.5 Å². The van der Waals surface area contributed by atoms with Crippen LogP contribution >= 0.6 is 11.6 Å². The average molecular weight is 423 g/mol. The summed E-state index contributed by atoms with van der Waals surface area (Å²) in [5.74, 6) is -1.12. The fraction of sp³-hybridized carbons (Fsp3) is 0. The number of halogens is 2. The van der Waals surface area contributed by atoms with Crippen LogP contribution in [0.1, 0.15) is 10.5 Å². The van der Waals surface area contributed by atoms with Crippen molar-refractivity contribution in [1.29, 1.82) is 0 Å². The standard InChI is InChI=1S/C22H16ClFN4O2/c23-16-11-14(9-10-17(16)24)27-22(30)26-13-7-5-12(6-8-13)19-15-3-1-2-4-18(15)28-20(19)21(25)29/h1-11,28H,(H2,25,29)(H2,26,27,30). The maximum Gasteiger partial charge on any atom is 0.323 e. The Morgan fingerprint density at radius 1 is 0.933 bits per heavy atom. The Hall–Kier alpha value is -3.84. The number of fused-ring (bicyclic) bond motifs is 1. The van der Waals surface area contributed by atoms with E-state index in [2.05, 4.69) is 15.6 Å². The average Bonchev–Trinajstić information content (AvgIpc) is 3.11. The maximum absolute atomic E-state index is 13.2. The molecule has 0 aliphatic carbocycles. The lowest BCUT2D eigenvalue weighted by molar-refractivity contribution is 0.0997. The number of nitrogens with one attached hydrogen (secondary N) is 3. The van der Waals surface area contributed by atoms with Crippen molar-refractivity contribution < 1.29 is 14.0 Å². The second kappa shape index (κ2) is 7.88. The second-order valence-corrected chi connectivity index (χ2v) is 6.98. The van der Waals surface area contributed by atoms with Gasteiger partial charge in [0.1, 0.15) is 11.5 Å². The topological polar surface area (TPSA) is 100 Å². The van der Waals surface area contributed by atoms with Crippen LogP contribution in [0.25, 0.3) is 22.0 Å². The third kappa shape index (κ3) is 3.83. The molecule has 0 atom stereocenters. The molecule has 3 aromatic carbocycles. The van der Waals surface area contributed by atoms with Crippen molar-refractivity contribution in [2.45, 2.75) is 0 Å². The Morgan fingerprint density at radius 3 is 2.30 bits per heavy atom. The highest BCUT2D eigenvalue weighted by molar-refractivity contribution is 6.31. The van der Waals surface area contributed by atoms with Gasteiger partial charge in [-0.15, -0.1) is 0 Å². The molecule has 0 spiro atoms. The van der Waals surface area contributed by atoms with Gasteiger partial charge in [0, 0.05) is 27.8 Å². The van der Waals surface area contributed by atoms with Gasteiger partial charge in [-0.1, -0.05) is 41.9 Å². The highest BCUT2D eigenvalue weighted by atomic mass is 35.5. The summed E-state index contributed by atoms with van der Waals surface area (Å²) in [6.45, 7) is 0. The third-order valence-corrected chi connectivity index (χ3v) is 4.85. The normalized spacial score (nSPS) is 10.7. The highest BCUT2D eigenvalue weighted by Crippen LogP contribution is 2.33. The highest BCUT2D eigenvalue weighted by Gasteiger charge is 2.17. The Balaban J connectivity index is 1.55. The second-order valence-electron chi connectivity index (χ2n) is 6.57. The molecule has 1 aromatic heterocycles. The van der Waals surface area contributed by atoms with Gasteiger partial charge in [0.05, 0.1) is 5.02 Å². The van der Waals surface area contributed by atoms with Gasteiger partial charge in [0.15, 0.2) is 0 Å². The molecule has 0 saturated carbocycles. The molecule has 30 heavy (non-hydrogen) atoms. The number of para-hydroxylation sites is 1. The van der Waals surface area contributed by atoms with E-state index in [1.54, 1.807) is 24.3 Å². The van der Waals surface area contributed by atoms with Crippen LogP contribution < -0.4 is 16.4 Å². The first kappa shape index (κ1) is 19.5. The number of anilines is 2. The molecule has 0 aliphatic rings. The number of carbonyl (C=O) groups is 2. The summed E-state index contributed by atoms with van der Waals surface area (Å²) in [5, 5.41) is 6.06. The van der Waals surface area contributed by atoms with Crippen LogP contribution in [0.3, 0.4) is 0 Å². The number of rotatable bonds is 4. The van der Waals surface area contributed by atoms with Gasteiger partial charge in [-0.25, -0.2) is 9.18 Å². The van der Waals surface area contributed by atoms with Crippen molar-refractivity contribution in [1.82, 2.24) is 4.98 Å². The Morgan fingerprint density at radius 2 is 1.60 bits per heavy atom. The van der Waals surface area contributed by atoms with Gasteiger partial charge in [-0.3, -0.25) is 4.79 Å². The van der Waals surface area contributed by atoms with Crippen molar-refractivity contribution in [3.63, 3.8) is 0 Å². The maximum atomic E-state index is 13.2. The van der Waals surface area contributed by atoms with Crippen LogP contribution in [-0.4, -0.2) is 16.9 Å². The number of hydrogen-bond donors (Lipinski definition) is 4. The van der Waals surface area contributed by atoms with E-state index in [0.29, 0.717) is 22.6 Å². The van der Waals surface area contributed by atoms with Crippen LogP contribution in [0.2, 0.25) is 5.02 Å². The van der Waals surface area contributed by atoms with E-state index >= 15 is 0 Å². The Bertz CT molecular complexity index is 1270. The van der Waals surface area contributed by atoms with E-state index in [9.17, 15) is 14.0 Å². The number of nitrogens with two attached hydrogens (primary N) is 1. The van der Waals surface area contributed by atoms with Crippen molar-refractivity contribution >= 4 is 45.8 Å². The zero-order valence-electron chi connectivity index (χ0n) is 15.5. The van der Waals surface area contributed by atoms with E-state index in [1.165, 1.54) is 18.2 Å². The van der Waals surface area contributed by atoms with Crippen molar-refractivity contribution in [2.75, 3.05) is 10.6 Å². The van der Waals surface area contributed by atoms with Crippen molar-refractivity contribution in [2.24, 2.45) is 5.73 Å². The fourth-order valence-electron chi connectivity index (χ4n) is 3.21. The molecule has 4 aromatic rings. The lowest BCUT2D eigenvalue weighted by Crippen LogP contribution is -2.19. The lowest BCUT2D eigenvalue weighted by atomic mass is 10.0. The molecule has 6 nitrogen and oxygen atoms in total. The molecule has 3 amide bonds. The Kier molecular flexibility index (Phi) is 5.12. The van der Waals surface area contributed by atoms with Gasteiger partial charge >= 0.3 is 6.03 Å². The number of hydrogen-bond acceptors (Lipinski definition) is 2. The number of aromatic amines is 1. The van der Waals surface area contributed by atoms with Crippen LogP contribution in [-0.2, 0) is 0 Å². The molecule has 0 fully saturated rings. The minimum atomic E-state index is -0.564. The van der Waals surface area contributed by atoms with Gasteiger partial charge in [0.25, 0.3) is 5.91 Å². The number of benzene rings is 3. The molecule has 0 aliphatic heterocycles. The molecule has 1 heterocycles. The van der Waals surface area contributed by atoms with Gasteiger partial charge < -0.3 is 21.4 Å². The van der Waals surface area contributed by atoms with Gasteiger partial charge in [-0.2, -0.15) is 0 Å². The smallest absolute Gasteiger partial charge is 0.323 e. The minimum Gasteiger partial charge on any atom is -0.364 e. The van der Waals surface area contributed by atoms with E-state index in [-0.39, 0.29) is 5.02 Å². The molecular weight excluding hydrogens is 407 g/mol. The summed E-state index contributed by atoms with van der Waals surface area (Å²) in [6, 6.07) is 17.9. The predicted octanol–water partition coefficient (Wildman–Crippen LogP) is 5.37. The Labute approximate surface area is 175 Å². The number of amides is 3. The molecule has 0 saturated heterocycles. The fourth-order valence-corrected chi connectivity index (χ4v) is 3.39. The first-order chi connectivity index (χ1) is 14.4. The zero-order chi connectivity index (χ0) is 21.3. The molecule has 4 rings (SSSR count). The number of primary amides is 1. The molecule has 5 N–H and O–H groups in total. The number of carbonyl (C=O) groups excluding carboxylic acids is 2. The van der Waals surface area contributed by atoms with Gasteiger partial charge in [0.2, 0.25) is 0 Å². The largest absolute Gasteiger partial charge is 0.364 e. The van der Waals surface area contributed by atoms with Gasteiger partial charge in [-0.05, 0) is 42.0 Å². The third-order valence-electron chi connectivity index (χ3n) is 4.56. The van der Waals surface area contributed by atoms with Crippen LogP contribution in [0, 0.1) is 5.82 Å². The van der Waals surface area contributed by atoms with E-state index in [4.69, 9.17) is 17.3 Å². The molecule has 0 radical (unpaired) electrons. The summed E-state index contributed by atoms with van der Waals surface area (Å²) in [6.07, 6.45) is 0. The SMILES string of the molecule is NC(=O)c1[nH]c2ccccc2c1-c1ccc(NC(=O)Nc2ccc(F)c(Cl)c2)cc1. The predicted molar refractivity (Wildman–Crippen MR) is 116 cm³/mol. The summed E-state index contributed by atoms with van der Waals surface area (Å²) >= 11 is 5.72. The quantitative estimate of drug-likeness (QED) is 0.355. The molecule has 150 valence electrons. The number of aromatic nitrogens is 1. The monoisotopic (exact) mass is 422 g/mol. The van der Waals surface area contributed by atoms with Crippen molar-refractivity contribution in [3.8, 4) is 11.1 Å². The van der Waals surface area contributed by atoms with Crippen molar-refractivity contribution in [3.05, 3.63) is 83.3 Å². The molecule has 0 bridgehead atoms. The zero-order valence-corrected chi connectivity index (χ0v) is 16.3. The summed E-state index contributed by atoms with van der Waals surface area (Å²) < 4.78 is 13.2. The summed E-state index contributed by atoms with van der Waals surface area (Å²) in [7, 11) is 0. The lowest BCUT2D eigenvalue weighted by Gasteiger charge is -2.09. The van der Waals surface area contributed by atoms with Crippen LogP contribution in [0.4, 0.5) is 20.6 Å². The first-order valence-electron chi connectivity index (χ1n) is 8.96. The molecule has 0 unspecified atom stereocenters. The number of H-pyrrole nitrogens is 1. The molecular formula is C22H16ClFN4O2. The first-order valence-corrected chi connectivity index (χ1v) is 9.34. The number of urea groups is 1.